The lowest BCUT2D eigenvalue weighted by molar-refractivity contribution is -0.128. The molecule has 0 aromatic carbocycles. The maximum atomic E-state index is 12.4. The number of amides is 1. The first kappa shape index (κ1) is 15.8. The van der Waals surface area contributed by atoms with Crippen LogP contribution in [0.2, 0.25) is 0 Å². The zero-order chi connectivity index (χ0) is 14.4. The van der Waals surface area contributed by atoms with Crippen molar-refractivity contribution in [2.75, 3.05) is 19.6 Å². The van der Waals surface area contributed by atoms with Gasteiger partial charge < -0.3 is 10.6 Å². The largest absolute Gasteiger partial charge is 0.352 e. The molecule has 1 aliphatic carbocycles. The molecule has 4 heteroatoms. The van der Waals surface area contributed by atoms with E-state index in [1.807, 2.05) is 0 Å². The van der Waals surface area contributed by atoms with Crippen molar-refractivity contribution in [2.45, 2.75) is 76.9 Å². The van der Waals surface area contributed by atoms with Gasteiger partial charge in [0, 0.05) is 18.6 Å². The Balaban J connectivity index is 1.86. The highest BCUT2D eigenvalue weighted by atomic mass is 16.2. The third kappa shape index (κ3) is 4.19. The maximum absolute atomic E-state index is 12.4. The minimum Gasteiger partial charge on any atom is -0.352 e. The van der Waals surface area contributed by atoms with Crippen molar-refractivity contribution in [1.29, 1.82) is 0 Å². The molecule has 4 nitrogen and oxygen atoms in total. The van der Waals surface area contributed by atoms with Crippen LogP contribution < -0.4 is 10.6 Å². The molecule has 0 aromatic heterocycles. The summed E-state index contributed by atoms with van der Waals surface area (Å²) in [6, 6.07) is 0.967. The molecular weight excluding hydrogens is 250 g/mol. The summed E-state index contributed by atoms with van der Waals surface area (Å²) in [5.41, 5.74) is 0. The van der Waals surface area contributed by atoms with Gasteiger partial charge in [-0.3, -0.25) is 9.69 Å². The topological polar surface area (TPSA) is 44.4 Å². The van der Waals surface area contributed by atoms with Gasteiger partial charge in [0.1, 0.15) is 0 Å². The van der Waals surface area contributed by atoms with Crippen LogP contribution in [0, 0.1) is 0 Å². The Morgan fingerprint density at radius 2 is 1.90 bits per heavy atom. The van der Waals surface area contributed by atoms with Crippen LogP contribution in [0.5, 0.6) is 0 Å². The highest BCUT2D eigenvalue weighted by molar-refractivity contribution is 5.81. The highest BCUT2D eigenvalue weighted by Gasteiger charge is 2.31. The van der Waals surface area contributed by atoms with Gasteiger partial charge in [0.05, 0.1) is 6.04 Å². The van der Waals surface area contributed by atoms with Gasteiger partial charge in [-0.15, -0.1) is 0 Å². The molecule has 2 atom stereocenters. The van der Waals surface area contributed by atoms with Gasteiger partial charge in [0.2, 0.25) is 5.91 Å². The van der Waals surface area contributed by atoms with E-state index in [1.165, 1.54) is 44.9 Å². The number of rotatable bonds is 6. The molecule has 0 bridgehead atoms. The maximum Gasteiger partial charge on any atom is 0.237 e. The van der Waals surface area contributed by atoms with E-state index < -0.39 is 0 Å². The van der Waals surface area contributed by atoms with Gasteiger partial charge >= 0.3 is 0 Å². The molecule has 0 spiro atoms. The number of nitrogens with zero attached hydrogens (tertiary/aromatic N) is 1. The van der Waals surface area contributed by atoms with Gasteiger partial charge in [-0.05, 0) is 45.7 Å². The predicted octanol–water partition coefficient (Wildman–Crippen LogP) is 1.90. The summed E-state index contributed by atoms with van der Waals surface area (Å²) in [7, 11) is 0. The van der Waals surface area contributed by atoms with Crippen LogP contribution in [0.4, 0.5) is 0 Å². The Hall–Kier alpha value is -0.610. The minimum absolute atomic E-state index is 0.0135. The number of hydrogen-bond acceptors (Lipinski definition) is 3. The Kier molecular flexibility index (Phi) is 6.30. The summed E-state index contributed by atoms with van der Waals surface area (Å²) in [5, 5.41) is 6.69. The average Bonchev–Trinajstić information content (AvgIpc) is 2.97. The molecule has 1 aliphatic heterocycles. The van der Waals surface area contributed by atoms with E-state index in [0.717, 1.165) is 19.6 Å². The number of likely N-dealkylation sites (N-methyl/N-ethyl adjacent to an activating group) is 1. The van der Waals surface area contributed by atoms with Crippen LogP contribution in [0.25, 0.3) is 0 Å². The van der Waals surface area contributed by atoms with E-state index in [4.69, 9.17) is 0 Å². The highest BCUT2D eigenvalue weighted by Crippen LogP contribution is 2.21. The van der Waals surface area contributed by atoms with Crippen LogP contribution in [-0.2, 0) is 4.79 Å². The molecule has 1 saturated heterocycles. The van der Waals surface area contributed by atoms with Crippen LogP contribution in [0.15, 0.2) is 0 Å². The van der Waals surface area contributed by atoms with Crippen LogP contribution >= 0.6 is 0 Å². The van der Waals surface area contributed by atoms with Crippen molar-refractivity contribution in [2.24, 2.45) is 0 Å². The van der Waals surface area contributed by atoms with Gasteiger partial charge in [-0.2, -0.15) is 0 Å². The number of carbonyl (C=O) groups excluding carboxylic acids is 1. The van der Waals surface area contributed by atoms with Crippen molar-refractivity contribution < 1.29 is 4.79 Å². The molecule has 1 heterocycles. The molecule has 2 unspecified atom stereocenters. The third-order valence-electron chi connectivity index (χ3n) is 4.88. The number of likely N-dealkylation sites (tertiary alicyclic amines) is 1. The fraction of sp³-hybridized carbons (Fsp3) is 0.938. The molecule has 2 aliphatic rings. The predicted molar refractivity (Wildman–Crippen MR) is 82.7 cm³/mol. The lowest BCUT2D eigenvalue weighted by Crippen LogP contribution is -2.55. The minimum atomic E-state index is 0.0135. The van der Waals surface area contributed by atoms with Gasteiger partial charge in [-0.1, -0.05) is 26.2 Å². The first-order chi connectivity index (χ1) is 9.72. The Labute approximate surface area is 123 Å². The summed E-state index contributed by atoms with van der Waals surface area (Å²) in [4.78, 5) is 14.9. The summed E-state index contributed by atoms with van der Waals surface area (Å²) in [5.74, 6) is 0.236. The molecule has 2 fully saturated rings. The second kappa shape index (κ2) is 7.99. The molecule has 1 amide bonds. The molecule has 0 radical (unpaired) electrons. The average molecular weight is 281 g/mol. The second-order valence-corrected chi connectivity index (χ2v) is 6.36. The number of hydrogen-bond donors (Lipinski definition) is 2. The summed E-state index contributed by atoms with van der Waals surface area (Å²) in [6.07, 6.45) is 8.61. The van der Waals surface area contributed by atoms with Crippen LogP contribution in [-0.4, -0.2) is 48.6 Å². The van der Waals surface area contributed by atoms with Gasteiger partial charge in [-0.25, -0.2) is 0 Å². The number of carbonyl (C=O) groups is 1. The Morgan fingerprint density at radius 1 is 1.20 bits per heavy atom. The summed E-state index contributed by atoms with van der Waals surface area (Å²) >= 11 is 0. The van der Waals surface area contributed by atoms with E-state index >= 15 is 0 Å². The monoisotopic (exact) mass is 281 g/mol. The number of nitrogens with one attached hydrogen (secondary N) is 2. The van der Waals surface area contributed by atoms with E-state index in [-0.39, 0.29) is 11.9 Å². The first-order valence-corrected chi connectivity index (χ1v) is 8.49. The lowest BCUT2D eigenvalue weighted by Gasteiger charge is -2.39. The van der Waals surface area contributed by atoms with E-state index in [2.05, 4.69) is 29.4 Å². The smallest absolute Gasteiger partial charge is 0.237 e. The molecule has 1 saturated carbocycles. The van der Waals surface area contributed by atoms with Crippen molar-refractivity contribution in [3.63, 3.8) is 0 Å². The zero-order valence-electron chi connectivity index (χ0n) is 13.2. The quantitative estimate of drug-likeness (QED) is 0.781. The SMILES string of the molecule is CCNCC1CCCCN1C(C)C(=O)NC1CCCC1. The van der Waals surface area contributed by atoms with Crippen LogP contribution in [0.1, 0.15) is 58.8 Å². The molecule has 20 heavy (non-hydrogen) atoms. The third-order valence-corrected chi connectivity index (χ3v) is 4.88. The van der Waals surface area contributed by atoms with E-state index in [0.29, 0.717) is 12.1 Å². The number of piperidine rings is 1. The lowest BCUT2D eigenvalue weighted by atomic mass is 9.99. The standard InChI is InChI=1S/C16H31N3O/c1-3-17-12-15-10-6-7-11-19(15)13(2)16(20)18-14-8-4-5-9-14/h13-15,17H,3-12H2,1-2H3,(H,18,20). The summed E-state index contributed by atoms with van der Waals surface area (Å²) < 4.78 is 0. The molecule has 2 rings (SSSR count). The van der Waals surface area contributed by atoms with Crippen molar-refractivity contribution in [3.8, 4) is 0 Å². The Morgan fingerprint density at radius 3 is 2.60 bits per heavy atom. The summed E-state index contributed by atoms with van der Waals surface area (Å²) in [6.45, 7) is 7.30. The first-order valence-electron chi connectivity index (χ1n) is 8.49. The molecular formula is C16H31N3O. The normalized spacial score (nSPS) is 26.6. The Bertz CT molecular complexity index is 302. The molecule has 0 aromatic rings. The zero-order valence-corrected chi connectivity index (χ0v) is 13.2. The molecule has 2 N–H and O–H groups in total. The van der Waals surface area contributed by atoms with E-state index in [1.54, 1.807) is 0 Å². The fourth-order valence-electron chi connectivity index (χ4n) is 3.61. The van der Waals surface area contributed by atoms with Gasteiger partial charge in [0.15, 0.2) is 0 Å². The molecule has 116 valence electrons. The fourth-order valence-corrected chi connectivity index (χ4v) is 3.61. The van der Waals surface area contributed by atoms with Crippen molar-refractivity contribution in [1.82, 2.24) is 15.5 Å². The van der Waals surface area contributed by atoms with Crippen LogP contribution in [0.3, 0.4) is 0 Å². The second-order valence-electron chi connectivity index (χ2n) is 6.36. The van der Waals surface area contributed by atoms with E-state index in [9.17, 15) is 4.79 Å². The van der Waals surface area contributed by atoms with Gasteiger partial charge in [0.25, 0.3) is 0 Å². The van der Waals surface area contributed by atoms with Crippen molar-refractivity contribution >= 4 is 5.91 Å². The van der Waals surface area contributed by atoms with Crippen molar-refractivity contribution in [3.05, 3.63) is 0 Å².